The maximum absolute atomic E-state index is 10.1. The van der Waals surface area contributed by atoms with Gasteiger partial charge in [0.2, 0.25) is 0 Å². The summed E-state index contributed by atoms with van der Waals surface area (Å²) in [6, 6.07) is 0.389. The van der Waals surface area contributed by atoms with E-state index in [0.717, 1.165) is 19.6 Å². The molecule has 1 saturated carbocycles. The average molecular weight is 298 g/mol. The first kappa shape index (κ1) is 17.2. The molecule has 1 aliphatic heterocycles. The van der Waals surface area contributed by atoms with E-state index in [1.807, 2.05) is 0 Å². The molecule has 0 aromatic heterocycles. The number of nitrogens with zero attached hydrogens (tertiary/aromatic N) is 1. The second-order valence-electron chi connectivity index (χ2n) is 8.65. The van der Waals surface area contributed by atoms with Gasteiger partial charge in [-0.25, -0.2) is 0 Å². The fourth-order valence-corrected chi connectivity index (χ4v) is 4.18. The van der Waals surface area contributed by atoms with E-state index >= 15 is 0 Å². The summed E-state index contributed by atoms with van der Waals surface area (Å²) in [5, 5.41) is 13.8. The summed E-state index contributed by atoms with van der Waals surface area (Å²) in [7, 11) is 0. The lowest BCUT2D eigenvalue weighted by Crippen LogP contribution is -2.65. The van der Waals surface area contributed by atoms with Crippen LogP contribution in [0, 0.1) is 5.92 Å². The van der Waals surface area contributed by atoms with Gasteiger partial charge in [-0.3, -0.25) is 4.90 Å². The zero-order chi connectivity index (χ0) is 15.9. The van der Waals surface area contributed by atoms with E-state index in [-0.39, 0.29) is 23.3 Å². The molecule has 0 spiro atoms. The molecule has 0 aromatic rings. The molecule has 1 aliphatic carbocycles. The van der Waals surface area contributed by atoms with Crippen LogP contribution in [0.5, 0.6) is 0 Å². The standard InChI is InChI=1S/C17H34N2O2/c1-13(2)18-17(12-20,14-7-8-14)11-19-9-15(3,4)21-16(5,6)10-19/h13-14,18,20H,7-12H2,1-6H3. The summed E-state index contributed by atoms with van der Waals surface area (Å²) in [6.45, 7) is 15.9. The minimum absolute atomic E-state index is 0.135. The lowest BCUT2D eigenvalue weighted by Gasteiger charge is -2.50. The Balaban J connectivity index is 2.12. The molecule has 1 unspecified atom stereocenters. The maximum Gasteiger partial charge on any atom is 0.0760 e. The minimum Gasteiger partial charge on any atom is -0.394 e. The van der Waals surface area contributed by atoms with Crippen LogP contribution in [0.3, 0.4) is 0 Å². The van der Waals surface area contributed by atoms with E-state index in [4.69, 9.17) is 4.74 Å². The van der Waals surface area contributed by atoms with Gasteiger partial charge in [0.25, 0.3) is 0 Å². The van der Waals surface area contributed by atoms with Crippen LogP contribution in [0.2, 0.25) is 0 Å². The first-order chi connectivity index (χ1) is 9.57. The third-order valence-corrected chi connectivity index (χ3v) is 4.48. The summed E-state index contributed by atoms with van der Waals surface area (Å²) in [4.78, 5) is 2.48. The first-order valence-electron chi connectivity index (χ1n) is 8.39. The fourth-order valence-electron chi connectivity index (χ4n) is 4.18. The highest BCUT2D eigenvalue weighted by molar-refractivity contribution is 5.05. The van der Waals surface area contributed by atoms with Crippen molar-refractivity contribution in [3.8, 4) is 0 Å². The molecule has 2 N–H and O–H groups in total. The smallest absolute Gasteiger partial charge is 0.0760 e. The average Bonchev–Trinajstić information content (AvgIpc) is 3.06. The molecule has 2 rings (SSSR count). The van der Waals surface area contributed by atoms with Crippen molar-refractivity contribution in [1.82, 2.24) is 10.2 Å². The molecule has 0 radical (unpaired) electrons. The Hall–Kier alpha value is -0.160. The van der Waals surface area contributed by atoms with Crippen molar-refractivity contribution < 1.29 is 9.84 Å². The number of aliphatic hydroxyl groups is 1. The van der Waals surface area contributed by atoms with Gasteiger partial charge >= 0.3 is 0 Å². The van der Waals surface area contributed by atoms with E-state index in [9.17, 15) is 5.11 Å². The van der Waals surface area contributed by atoms with E-state index < -0.39 is 0 Å². The number of hydrogen-bond acceptors (Lipinski definition) is 4. The zero-order valence-electron chi connectivity index (χ0n) is 14.7. The van der Waals surface area contributed by atoms with Crippen LogP contribution in [0.15, 0.2) is 0 Å². The summed E-state index contributed by atoms with van der Waals surface area (Å²) in [5.41, 5.74) is -0.424. The summed E-state index contributed by atoms with van der Waals surface area (Å²) >= 11 is 0. The van der Waals surface area contributed by atoms with E-state index in [2.05, 4.69) is 51.8 Å². The predicted molar refractivity (Wildman–Crippen MR) is 86.5 cm³/mol. The highest BCUT2D eigenvalue weighted by Gasteiger charge is 2.48. The Morgan fingerprint density at radius 2 is 1.71 bits per heavy atom. The molecular formula is C17H34N2O2. The number of aliphatic hydroxyl groups excluding tert-OH is 1. The topological polar surface area (TPSA) is 44.7 Å². The fraction of sp³-hybridized carbons (Fsp3) is 1.00. The molecule has 1 heterocycles. The summed E-state index contributed by atoms with van der Waals surface area (Å²) in [5.74, 6) is 0.610. The Morgan fingerprint density at radius 1 is 1.19 bits per heavy atom. The van der Waals surface area contributed by atoms with Gasteiger partial charge in [-0.05, 0) is 46.5 Å². The van der Waals surface area contributed by atoms with Gasteiger partial charge in [0.15, 0.2) is 0 Å². The molecule has 0 amide bonds. The largest absolute Gasteiger partial charge is 0.394 e. The lowest BCUT2D eigenvalue weighted by molar-refractivity contribution is -0.184. The second-order valence-corrected chi connectivity index (χ2v) is 8.65. The minimum atomic E-state index is -0.155. The third kappa shape index (κ3) is 4.41. The van der Waals surface area contributed by atoms with Gasteiger partial charge in [0, 0.05) is 25.7 Å². The van der Waals surface area contributed by atoms with Crippen molar-refractivity contribution >= 4 is 0 Å². The van der Waals surface area contributed by atoms with Crippen LogP contribution >= 0.6 is 0 Å². The molecule has 0 aromatic carbocycles. The van der Waals surface area contributed by atoms with E-state index in [1.54, 1.807) is 0 Å². The Kier molecular flexibility index (Phi) is 4.75. The Morgan fingerprint density at radius 3 is 2.10 bits per heavy atom. The molecule has 4 nitrogen and oxygen atoms in total. The number of rotatable bonds is 6. The van der Waals surface area contributed by atoms with Crippen molar-refractivity contribution in [3.63, 3.8) is 0 Å². The first-order valence-corrected chi connectivity index (χ1v) is 8.39. The normalized spacial score (nSPS) is 28.6. The van der Waals surface area contributed by atoms with Gasteiger partial charge in [-0.15, -0.1) is 0 Å². The monoisotopic (exact) mass is 298 g/mol. The van der Waals surface area contributed by atoms with Crippen LogP contribution in [0.4, 0.5) is 0 Å². The van der Waals surface area contributed by atoms with Gasteiger partial charge in [-0.2, -0.15) is 0 Å². The molecule has 1 atom stereocenters. The number of nitrogens with one attached hydrogen (secondary N) is 1. The quantitative estimate of drug-likeness (QED) is 0.787. The zero-order valence-corrected chi connectivity index (χ0v) is 14.7. The van der Waals surface area contributed by atoms with Crippen molar-refractivity contribution in [2.75, 3.05) is 26.2 Å². The second kappa shape index (κ2) is 5.80. The molecule has 124 valence electrons. The molecular weight excluding hydrogens is 264 g/mol. The third-order valence-electron chi connectivity index (χ3n) is 4.48. The van der Waals surface area contributed by atoms with Crippen molar-refractivity contribution in [2.45, 2.75) is 77.2 Å². The number of morpholine rings is 1. The van der Waals surface area contributed by atoms with Crippen LogP contribution in [0.25, 0.3) is 0 Å². The van der Waals surface area contributed by atoms with Crippen LogP contribution in [0.1, 0.15) is 54.4 Å². The Bertz CT molecular complexity index is 348. The molecule has 2 fully saturated rings. The van der Waals surface area contributed by atoms with Crippen LogP contribution < -0.4 is 5.32 Å². The molecule has 0 bridgehead atoms. The highest BCUT2D eigenvalue weighted by atomic mass is 16.5. The summed E-state index contributed by atoms with van der Waals surface area (Å²) in [6.07, 6.45) is 2.47. The van der Waals surface area contributed by atoms with Gasteiger partial charge in [0.05, 0.1) is 23.3 Å². The van der Waals surface area contributed by atoms with Gasteiger partial charge in [-0.1, -0.05) is 13.8 Å². The van der Waals surface area contributed by atoms with Crippen molar-refractivity contribution in [1.29, 1.82) is 0 Å². The molecule has 1 saturated heterocycles. The number of hydrogen-bond donors (Lipinski definition) is 2. The summed E-state index contributed by atoms with van der Waals surface area (Å²) < 4.78 is 6.17. The molecule has 2 aliphatic rings. The Labute approximate surface area is 130 Å². The number of ether oxygens (including phenoxy) is 1. The SMILES string of the molecule is CC(C)NC(CO)(CN1CC(C)(C)OC(C)(C)C1)C1CC1. The van der Waals surface area contributed by atoms with E-state index in [1.165, 1.54) is 12.8 Å². The van der Waals surface area contributed by atoms with Gasteiger partial charge in [0.1, 0.15) is 0 Å². The molecule has 21 heavy (non-hydrogen) atoms. The van der Waals surface area contributed by atoms with E-state index in [0.29, 0.717) is 12.0 Å². The van der Waals surface area contributed by atoms with Crippen LogP contribution in [-0.4, -0.2) is 59.0 Å². The lowest BCUT2D eigenvalue weighted by atomic mass is 9.90. The predicted octanol–water partition coefficient (Wildman–Crippen LogP) is 2.01. The highest BCUT2D eigenvalue weighted by Crippen LogP contribution is 2.41. The molecule has 4 heteroatoms. The van der Waals surface area contributed by atoms with Crippen molar-refractivity contribution in [2.24, 2.45) is 5.92 Å². The van der Waals surface area contributed by atoms with Crippen LogP contribution in [-0.2, 0) is 4.74 Å². The van der Waals surface area contributed by atoms with Crippen molar-refractivity contribution in [3.05, 3.63) is 0 Å². The van der Waals surface area contributed by atoms with Gasteiger partial charge < -0.3 is 15.2 Å². The maximum atomic E-state index is 10.1.